The van der Waals surface area contributed by atoms with Crippen LogP contribution in [0.3, 0.4) is 0 Å². The van der Waals surface area contributed by atoms with E-state index in [4.69, 9.17) is 0 Å². The van der Waals surface area contributed by atoms with E-state index in [0.717, 1.165) is 39.0 Å². The first-order valence-corrected chi connectivity index (χ1v) is 12.7. The maximum atomic E-state index is 13.5. The minimum Gasteiger partial charge on any atom is -0.268 e. The molecule has 0 atom stereocenters. The molecule has 0 bridgehead atoms. The Labute approximate surface area is 201 Å². The van der Waals surface area contributed by atoms with Crippen molar-refractivity contribution in [3.8, 4) is 0 Å². The molecule has 0 N–H and O–H groups in total. The summed E-state index contributed by atoms with van der Waals surface area (Å²) in [5, 5.41) is 0. The van der Waals surface area contributed by atoms with Crippen molar-refractivity contribution in [3.05, 3.63) is 149 Å². The molecule has 5 rings (SSSR count). The highest BCUT2D eigenvalue weighted by atomic mass is 32.2. The third-order valence-corrected chi connectivity index (χ3v) is 7.75. The number of rotatable bonds is 5. The summed E-state index contributed by atoms with van der Waals surface area (Å²) >= 11 is 0. The largest absolute Gasteiger partial charge is 0.268 e. The van der Waals surface area contributed by atoms with Crippen LogP contribution in [0.4, 0.5) is 0 Å². The third kappa shape index (κ3) is 4.33. The van der Waals surface area contributed by atoms with Gasteiger partial charge in [0.05, 0.1) is 11.4 Å². The summed E-state index contributed by atoms with van der Waals surface area (Å²) in [6.45, 7) is 2.25. The Kier molecular flexibility index (Phi) is 5.91. The highest BCUT2D eigenvalue weighted by molar-refractivity contribution is 7.89. The van der Waals surface area contributed by atoms with Crippen LogP contribution in [-0.4, -0.2) is 12.7 Å². The molecule has 0 saturated heterocycles. The van der Waals surface area contributed by atoms with Gasteiger partial charge in [-0.25, -0.2) is 8.42 Å². The number of benzene rings is 4. The van der Waals surface area contributed by atoms with Gasteiger partial charge in [0.2, 0.25) is 0 Å². The van der Waals surface area contributed by atoms with Gasteiger partial charge in [0, 0.05) is 6.20 Å². The molecule has 0 saturated carbocycles. The Morgan fingerprint density at radius 2 is 1.29 bits per heavy atom. The van der Waals surface area contributed by atoms with Crippen LogP contribution in [0.25, 0.3) is 11.1 Å². The Hall–Kier alpha value is -3.89. The molecule has 3 nitrogen and oxygen atoms in total. The van der Waals surface area contributed by atoms with Crippen molar-refractivity contribution in [2.45, 2.75) is 18.4 Å². The summed E-state index contributed by atoms with van der Waals surface area (Å²) in [5.41, 5.74) is 7.10. The molecule has 0 unspecified atom stereocenters. The molecule has 1 aliphatic rings. The molecule has 0 spiro atoms. The highest BCUT2D eigenvalue weighted by Crippen LogP contribution is 2.34. The van der Waals surface area contributed by atoms with Crippen molar-refractivity contribution in [2.75, 3.05) is 0 Å². The van der Waals surface area contributed by atoms with E-state index in [1.807, 2.05) is 73.7 Å². The monoisotopic (exact) mass is 463 g/mol. The van der Waals surface area contributed by atoms with Crippen LogP contribution in [0.2, 0.25) is 0 Å². The predicted molar refractivity (Wildman–Crippen MR) is 138 cm³/mol. The van der Waals surface area contributed by atoms with Crippen molar-refractivity contribution in [3.63, 3.8) is 0 Å². The third-order valence-electron chi connectivity index (χ3n) is 6.03. The van der Waals surface area contributed by atoms with E-state index in [2.05, 4.69) is 36.4 Å². The maximum Gasteiger partial charge on any atom is 0.264 e. The number of allylic oxidation sites excluding steroid dienone is 2. The fourth-order valence-corrected chi connectivity index (χ4v) is 5.53. The molecule has 0 amide bonds. The topological polar surface area (TPSA) is 37.4 Å². The van der Waals surface area contributed by atoms with Gasteiger partial charge in [-0.2, -0.15) is 0 Å². The lowest BCUT2D eigenvalue weighted by atomic mass is 9.91. The predicted octanol–water partition coefficient (Wildman–Crippen LogP) is 6.67. The Bertz CT molecular complexity index is 1430. The lowest BCUT2D eigenvalue weighted by Crippen LogP contribution is -2.28. The van der Waals surface area contributed by atoms with E-state index in [1.54, 1.807) is 18.3 Å². The molecule has 0 fully saturated rings. The van der Waals surface area contributed by atoms with Gasteiger partial charge in [-0.15, -0.1) is 0 Å². The highest BCUT2D eigenvalue weighted by Gasteiger charge is 2.27. The lowest BCUT2D eigenvalue weighted by Gasteiger charge is -2.28. The summed E-state index contributed by atoms with van der Waals surface area (Å²) in [6.07, 6.45) is 3.86. The molecule has 0 aromatic heterocycles. The van der Waals surface area contributed by atoms with E-state index >= 15 is 0 Å². The van der Waals surface area contributed by atoms with Crippen LogP contribution < -0.4 is 0 Å². The molecule has 4 heteroatoms. The van der Waals surface area contributed by atoms with Gasteiger partial charge in [0.15, 0.2) is 0 Å². The first-order chi connectivity index (χ1) is 16.5. The summed E-state index contributed by atoms with van der Waals surface area (Å²) in [7, 11) is -3.69. The zero-order valence-electron chi connectivity index (χ0n) is 18.9. The van der Waals surface area contributed by atoms with Crippen LogP contribution in [0.5, 0.6) is 0 Å². The molecular weight excluding hydrogens is 438 g/mol. The SMILES string of the molecule is Cc1ccc(S(=O)(=O)N2C=C(C=C(c3ccccc3)c3ccccc3)c3ccccc3C2)cc1. The molecular formula is C30H25NO2S. The minimum absolute atomic E-state index is 0.295. The Morgan fingerprint density at radius 1 is 0.735 bits per heavy atom. The van der Waals surface area contributed by atoms with Gasteiger partial charge in [-0.05, 0) is 58.5 Å². The number of aryl methyl sites for hydroxylation is 1. The van der Waals surface area contributed by atoms with Crippen LogP contribution in [-0.2, 0) is 16.6 Å². The molecule has 1 aliphatic heterocycles. The molecule has 0 aliphatic carbocycles. The van der Waals surface area contributed by atoms with Crippen LogP contribution in [0.15, 0.2) is 126 Å². The number of hydrogen-bond donors (Lipinski definition) is 0. The van der Waals surface area contributed by atoms with Gasteiger partial charge in [-0.1, -0.05) is 103 Å². The van der Waals surface area contributed by atoms with Crippen molar-refractivity contribution in [1.29, 1.82) is 0 Å². The second-order valence-electron chi connectivity index (χ2n) is 8.39. The average Bonchev–Trinajstić information content (AvgIpc) is 2.88. The maximum absolute atomic E-state index is 13.5. The summed E-state index contributed by atoms with van der Waals surface area (Å²) in [6, 6.07) is 35.4. The molecule has 4 aromatic rings. The summed E-state index contributed by atoms with van der Waals surface area (Å²) < 4.78 is 28.5. The smallest absolute Gasteiger partial charge is 0.264 e. The first kappa shape index (κ1) is 21.9. The molecule has 0 radical (unpaired) electrons. The second kappa shape index (κ2) is 9.16. The second-order valence-corrected chi connectivity index (χ2v) is 10.3. The molecule has 4 aromatic carbocycles. The molecule has 1 heterocycles. The van der Waals surface area contributed by atoms with Gasteiger partial charge >= 0.3 is 0 Å². The fraction of sp³-hybridized carbons (Fsp3) is 0.0667. The van der Waals surface area contributed by atoms with E-state index < -0.39 is 10.0 Å². The average molecular weight is 464 g/mol. The number of sulfonamides is 1. The van der Waals surface area contributed by atoms with Crippen molar-refractivity contribution >= 4 is 21.2 Å². The quantitative estimate of drug-likeness (QED) is 0.331. The van der Waals surface area contributed by atoms with Crippen LogP contribution in [0.1, 0.15) is 27.8 Å². The number of hydrogen-bond acceptors (Lipinski definition) is 2. The zero-order chi connectivity index (χ0) is 23.5. The Balaban J connectivity index is 1.67. The fourth-order valence-electron chi connectivity index (χ4n) is 4.22. The van der Waals surface area contributed by atoms with Gasteiger partial charge < -0.3 is 0 Å². The lowest BCUT2D eigenvalue weighted by molar-refractivity contribution is 0.492. The summed E-state index contributed by atoms with van der Waals surface area (Å²) in [5.74, 6) is 0. The normalized spacial score (nSPS) is 13.1. The van der Waals surface area contributed by atoms with Gasteiger partial charge in [0.25, 0.3) is 10.0 Å². The van der Waals surface area contributed by atoms with E-state index in [1.165, 1.54) is 4.31 Å². The molecule has 34 heavy (non-hydrogen) atoms. The first-order valence-electron chi connectivity index (χ1n) is 11.2. The number of nitrogens with zero attached hydrogens (tertiary/aromatic N) is 1. The van der Waals surface area contributed by atoms with Crippen molar-refractivity contribution in [1.82, 2.24) is 4.31 Å². The van der Waals surface area contributed by atoms with Crippen LogP contribution in [0, 0.1) is 6.92 Å². The standard InChI is InChI=1S/C30H25NO2S/c1-23-16-18-28(19-17-23)34(32,33)31-21-26-14-8-9-15-29(26)27(22-31)20-30(24-10-4-2-5-11-24)25-12-6-3-7-13-25/h2-20,22H,21H2,1H3. The van der Waals surface area contributed by atoms with E-state index in [9.17, 15) is 8.42 Å². The van der Waals surface area contributed by atoms with Crippen molar-refractivity contribution in [2.24, 2.45) is 0 Å². The van der Waals surface area contributed by atoms with E-state index in [-0.39, 0.29) is 0 Å². The zero-order valence-corrected chi connectivity index (χ0v) is 19.7. The summed E-state index contributed by atoms with van der Waals surface area (Å²) in [4.78, 5) is 0.295. The van der Waals surface area contributed by atoms with Gasteiger partial charge in [0.1, 0.15) is 0 Å². The van der Waals surface area contributed by atoms with Crippen LogP contribution >= 0.6 is 0 Å². The van der Waals surface area contributed by atoms with Crippen molar-refractivity contribution < 1.29 is 8.42 Å². The molecule has 168 valence electrons. The van der Waals surface area contributed by atoms with E-state index in [0.29, 0.717) is 11.4 Å². The van der Waals surface area contributed by atoms with Gasteiger partial charge in [-0.3, -0.25) is 4.31 Å². The number of fused-ring (bicyclic) bond motifs is 1. The Morgan fingerprint density at radius 3 is 1.91 bits per heavy atom. The minimum atomic E-state index is -3.69.